The number of esters is 1. The van der Waals surface area contributed by atoms with Gasteiger partial charge in [-0.05, 0) is 38.5 Å². The highest BCUT2D eigenvalue weighted by Gasteiger charge is 2.19. The second-order valence-electron chi connectivity index (χ2n) is 6.16. The van der Waals surface area contributed by atoms with Crippen LogP contribution in [0, 0.1) is 0 Å². The zero-order chi connectivity index (χ0) is 14.9. The number of rotatable bonds is 7. The van der Waals surface area contributed by atoms with Gasteiger partial charge in [-0.2, -0.15) is 0 Å². The van der Waals surface area contributed by atoms with E-state index in [1.807, 2.05) is 0 Å². The molecule has 0 aliphatic heterocycles. The van der Waals surface area contributed by atoms with Crippen LogP contribution >= 0.6 is 0 Å². The summed E-state index contributed by atoms with van der Waals surface area (Å²) < 4.78 is 16.5. The average molecular weight is 296 g/mol. The maximum absolute atomic E-state index is 11.9. The van der Waals surface area contributed by atoms with Gasteiger partial charge in [-0.3, -0.25) is 0 Å². The fourth-order valence-corrected chi connectivity index (χ4v) is 3.02. The van der Waals surface area contributed by atoms with Gasteiger partial charge in [0.05, 0.1) is 18.3 Å². The lowest BCUT2D eigenvalue weighted by atomic mass is 9.98. The minimum atomic E-state index is -0.320. The first-order chi connectivity index (χ1) is 10.3. The first-order valence-electron chi connectivity index (χ1n) is 8.34. The number of ether oxygens (including phenoxy) is 3. The molecule has 0 aromatic rings. The molecule has 0 radical (unpaired) electrons. The van der Waals surface area contributed by atoms with Gasteiger partial charge in [-0.1, -0.05) is 32.3 Å². The molecule has 0 N–H and O–H groups in total. The topological polar surface area (TPSA) is 44.8 Å². The van der Waals surface area contributed by atoms with Crippen molar-refractivity contribution < 1.29 is 19.0 Å². The Balaban J connectivity index is 1.54. The smallest absolute Gasteiger partial charge is 0.336 e. The maximum Gasteiger partial charge on any atom is 0.336 e. The zero-order valence-corrected chi connectivity index (χ0v) is 13.0. The molecular formula is C17H28O4. The van der Waals surface area contributed by atoms with Gasteiger partial charge >= 0.3 is 5.97 Å². The standard InChI is InChI=1S/C17H28O4/c1-14(17(18)21-16-10-6-3-7-11-16)12-19-13-20-15-8-4-2-5-9-15/h15-16H,1-13H2. The fraction of sp³-hybridized carbons (Fsp3) is 0.824. The Morgan fingerprint density at radius 3 is 2.10 bits per heavy atom. The Morgan fingerprint density at radius 1 is 0.905 bits per heavy atom. The Bertz CT molecular complexity index is 328. The molecule has 0 heterocycles. The molecule has 0 aromatic carbocycles. The second-order valence-corrected chi connectivity index (χ2v) is 6.16. The average Bonchev–Trinajstić information content (AvgIpc) is 2.53. The summed E-state index contributed by atoms with van der Waals surface area (Å²) >= 11 is 0. The highest BCUT2D eigenvalue weighted by Crippen LogP contribution is 2.21. The van der Waals surface area contributed by atoms with Gasteiger partial charge in [-0.15, -0.1) is 0 Å². The molecule has 0 atom stereocenters. The van der Waals surface area contributed by atoms with Crippen molar-refractivity contribution in [3.63, 3.8) is 0 Å². The lowest BCUT2D eigenvalue weighted by Crippen LogP contribution is -2.23. The third kappa shape index (κ3) is 6.18. The van der Waals surface area contributed by atoms with E-state index >= 15 is 0 Å². The molecule has 4 heteroatoms. The minimum absolute atomic E-state index is 0.0708. The van der Waals surface area contributed by atoms with Gasteiger partial charge in [0, 0.05) is 0 Å². The predicted octanol–water partition coefficient (Wildman–Crippen LogP) is 3.74. The normalized spacial score (nSPS) is 21.1. The fourth-order valence-electron chi connectivity index (χ4n) is 3.02. The molecule has 2 aliphatic rings. The van der Waals surface area contributed by atoms with Gasteiger partial charge in [0.15, 0.2) is 0 Å². The first-order valence-corrected chi connectivity index (χ1v) is 8.34. The van der Waals surface area contributed by atoms with E-state index in [0.29, 0.717) is 11.7 Å². The summed E-state index contributed by atoms with van der Waals surface area (Å²) in [6.45, 7) is 4.18. The van der Waals surface area contributed by atoms with E-state index in [-0.39, 0.29) is 25.5 Å². The molecule has 2 saturated carbocycles. The molecular weight excluding hydrogens is 268 g/mol. The third-order valence-electron chi connectivity index (χ3n) is 4.33. The maximum atomic E-state index is 11.9. The third-order valence-corrected chi connectivity index (χ3v) is 4.33. The van der Waals surface area contributed by atoms with Gasteiger partial charge < -0.3 is 14.2 Å². The number of carbonyl (C=O) groups is 1. The first kappa shape index (κ1) is 16.5. The molecule has 120 valence electrons. The van der Waals surface area contributed by atoms with Crippen molar-refractivity contribution in [3.8, 4) is 0 Å². The lowest BCUT2D eigenvalue weighted by molar-refractivity contribution is -0.147. The van der Waals surface area contributed by atoms with Crippen LogP contribution < -0.4 is 0 Å². The Kier molecular flexibility index (Phi) is 7.24. The largest absolute Gasteiger partial charge is 0.459 e. The molecule has 2 rings (SSSR count). The highest BCUT2D eigenvalue weighted by atomic mass is 16.7. The van der Waals surface area contributed by atoms with Crippen molar-refractivity contribution in [1.29, 1.82) is 0 Å². The molecule has 0 aromatic heterocycles. The van der Waals surface area contributed by atoms with Crippen LogP contribution in [0.5, 0.6) is 0 Å². The van der Waals surface area contributed by atoms with Crippen LogP contribution in [-0.2, 0) is 19.0 Å². The van der Waals surface area contributed by atoms with E-state index in [9.17, 15) is 4.79 Å². The Labute approximate surface area is 127 Å². The summed E-state index contributed by atoms with van der Waals surface area (Å²) in [5, 5.41) is 0. The quantitative estimate of drug-likeness (QED) is 0.311. The van der Waals surface area contributed by atoms with Crippen LogP contribution in [0.1, 0.15) is 64.2 Å². The van der Waals surface area contributed by atoms with Crippen molar-refractivity contribution in [2.75, 3.05) is 13.4 Å². The molecule has 0 bridgehead atoms. The molecule has 21 heavy (non-hydrogen) atoms. The SMILES string of the molecule is C=C(COCOC1CCCCC1)C(=O)OC1CCCCC1. The monoisotopic (exact) mass is 296 g/mol. The van der Waals surface area contributed by atoms with E-state index < -0.39 is 0 Å². The van der Waals surface area contributed by atoms with Crippen LogP contribution in [0.15, 0.2) is 12.2 Å². The Morgan fingerprint density at radius 2 is 1.48 bits per heavy atom. The number of carbonyl (C=O) groups excluding carboxylic acids is 1. The van der Waals surface area contributed by atoms with Crippen LogP contribution in [0.4, 0.5) is 0 Å². The lowest BCUT2D eigenvalue weighted by Gasteiger charge is -2.23. The summed E-state index contributed by atoms with van der Waals surface area (Å²) in [7, 11) is 0. The Hall–Kier alpha value is -0.870. The molecule has 0 saturated heterocycles. The summed E-state index contributed by atoms with van der Waals surface area (Å²) in [4.78, 5) is 11.9. The van der Waals surface area contributed by atoms with E-state index in [0.717, 1.165) is 38.5 Å². The summed E-state index contributed by atoms with van der Waals surface area (Å²) in [6.07, 6.45) is 11.9. The molecule has 2 aliphatic carbocycles. The van der Waals surface area contributed by atoms with Crippen molar-refractivity contribution in [2.24, 2.45) is 0 Å². The predicted molar refractivity (Wildman–Crippen MR) is 80.9 cm³/mol. The van der Waals surface area contributed by atoms with Gasteiger partial charge in [0.2, 0.25) is 0 Å². The van der Waals surface area contributed by atoms with Gasteiger partial charge in [0.25, 0.3) is 0 Å². The van der Waals surface area contributed by atoms with Crippen LogP contribution in [0.25, 0.3) is 0 Å². The molecule has 0 unspecified atom stereocenters. The summed E-state index contributed by atoms with van der Waals surface area (Å²) in [5.41, 5.74) is 0.382. The van der Waals surface area contributed by atoms with Gasteiger partial charge in [0.1, 0.15) is 12.9 Å². The van der Waals surface area contributed by atoms with E-state index in [4.69, 9.17) is 14.2 Å². The van der Waals surface area contributed by atoms with Crippen LogP contribution in [-0.4, -0.2) is 31.6 Å². The number of hydrogen-bond acceptors (Lipinski definition) is 4. The highest BCUT2D eigenvalue weighted by molar-refractivity contribution is 5.88. The van der Waals surface area contributed by atoms with Crippen LogP contribution in [0.3, 0.4) is 0 Å². The van der Waals surface area contributed by atoms with Crippen LogP contribution in [0.2, 0.25) is 0 Å². The minimum Gasteiger partial charge on any atom is -0.459 e. The summed E-state index contributed by atoms with van der Waals surface area (Å²) in [5.74, 6) is -0.320. The van der Waals surface area contributed by atoms with Crippen molar-refractivity contribution >= 4 is 5.97 Å². The second kappa shape index (κ2) is 9.21. The van der Waals surface area contributed by atoms with E-state index in [1.54, 1.807) is 0 Å². The number of hydrogen-bond donors (Lipinski definition) is 0. The summed E-state index contributed by atoms with van der Waals surface area (Å²) in [6, 6.07) is 0. The van der Waals surface area contributed by atoms with Crippen molar-refractivity contribution in [3.05, 3.63) is 12.2 Å². The van der Waals surface area contributed by atoms with Crippen molar-refractivity contribution in [2.45, 2.75) is 76.4 Å². The van der Waals surface area contributed by atoms with E-state index in [1.165, 1.54) is 25.7 Å². The van der Waals surface area contributed by atoms with Crippen molar-refractivity contribution in [1.82, 2.24) is 0 Å². The molecule has 0 spiro atoms. The van der Waals surface area contributed by atoms with E-state index in [2.05, 4.69) is 6.58 Å². The zero-order valence-electron chi connectivity index (χ0n) is 13.0. The molecule has 4 nitrogen and oxygen atoms in total. The molecule has 2 fully saturated rings. The van der Waals surface area contributed by atoms with Gasteiger partial charge in [-0.25, -0.2) is 4.79 Å². The molecule has 0 amide bonds.